The molecule has 0 saturated carbocycles. The number of hydrogen-bond donors (Lipinski definition) is 1. The van der Waals surface area contributed by atoms with Crippen LogP contribution in [0, 0.1) is 5.82 Å². The number of hydrogen-bond acceptors (Lipinski definition) is 2. The zero-order valence-electron chi connectivity index (χ0n) is 10.0. The van der Waals surface area contributed by atoms with Crippen molar-refractivity contribution in [3.05, 3.63) is 58.3 Å². The summed E-state index contributed by atoms with van der Waals surface area (Å²) in [5, 5.41) is 0. The summed E-state index contributed by atoms with van der Waals surface area (Å²) in [5.41, 5.74) is 8.51. The van der Waals surface area contributed by atoms with Gasteiger partial charge < -0.3 is 10.6 Å². The number of benzene rings is 2. The first-order chi connectivity index (χ1) is 8.61. The summed E-state index contributed by atoms with van der Waals surface area (Å²) in [7, 11) is 1.90. The van der Waals surface area contributed by atoms with Crippen LogP contribution in [0.1, 0.15) is 5.56 Å². The van der Waals surface area contributed by atoms with Crippen LogP contribution in [0.4, 0.5) is 15.8 Å². The predicted molar refractivity (Wildman–Crippen MR) is 76.5 cm³/mol. The highest BCUT2D eigenvalue weighted by atomic mass is 79.9. The highest BCUT2D eigenvalue weighted by Gasteiger charge is 2.09. The highest BCUT2D eigenvalue weighted by Crippen LogP contribution is 2.29. The molecule has 94 valence electrons. The van der Waals surface area contributed by atoms with Crippen molar-refractivity contribution in [2.75, 3.05) is 11.9 Å². The topological polar surface area (TPSA) is 29.3 Å². The Morgan fingerprint density at radius 2 is 2.00 bits per heavy atom. The third-order valence-electron chi connectivity index (χ3n) is 2.82. The molecule has 2 aromatic carbocycles. The molecule has 0 saturated heterocycles. The maximum absolute atomic E-state index is 13.2. The molecule has 0 radical (unpaired) electrons. The van der Waals surface area contributed by atoms with Gasteiger partial charge in [0.2, 0.25) is 0 Å². The van der Waals surface area contributed by atoms with Crippen LogP contribution in [0.15, 0.2) is 46.9 Å². The van der Waals surface area contributed by atoms with E-state index < -0.39 is 0 Å². The smallest absolute Gasteiger partial charge is 0.125 e. The number of anilines is 2. The molecular weight excluding hydrogens is 295 g/mol. The molecule has 0 bridgehead atoms. The van der Waals surface area contributed by atoms with Gasteiger partial charge in [0.15, 0.2) is 0 Å². The third kappa shape index (κ3) is 2.71. The Hall–Kier alpha value is -1.39. The van der Waals surface area contributed by atoms with E-state index in [0.29, 0.717) is 6.54 Å². The van der Waals surface area contributed by atoms with Gasteiger partial charge in [-0.3, -0.25) is 0 Å². The molecule has 2 nitrogen and oxygen atoms in total. The van der Waals surface area contributed by atoms with Gasteiger partial charge in [-0.2, -0.15) is 0 Å². The second-order valence-corrected chi connectivity index (χ2v) is 4.93. The minimum absolute atomic E-state index is 0.247. The minimum Gasteiger partial charge on any atom is -0.344 e. The van der Waals surface area contributed by atoms with Crippen LogP contribution in [-0.2, 0) is 6.54 Å². The fourth-order valence-electron chi connectivity index (χ4n) is 1.85. The minimum atomic E-state index is -0.247. The van der Waals surface area contributed by atoms with E-state index in [2.05, 4.69) is 15.9 Å². The molecule has 18 heavy (non-hydrogen) atoms. The monoisotopic (exact) mass is 308 g/mol. The van der Waals surface area contributed by atoms with E-state index in [9.17, 15) is 4.39 Å². The lowest BCUT2D eigenvalue weighted by molar-refractivity contribution is 0.628. The number of halogens is 2. The van der Waals surface area contributed by atoms with Crippen molar-refractivity contribution in [2.24, 2.45) is 5.73 Å². The van der Waals surface area contributed by atoms with Crippen molar-refractivity contribution >= 4 is 27.3 Å². The lowest BCUT2D eigenvalue weighted by Crippen LogP contribution is -2.13. The molecule has 0 unspecified atom stereocenters. The third-order valence-corrected chi connectivity index (χ3v) is 3.32. The summed E-state index contributed by atoms with van der Waals surface area (Å²) >= 11 is 3.44. The molecule has 0 fully saturated rings. The van der Waals surface area contributed by atoms with Crippen LogP contribution in [0.5, 0.6) is 0 Å². The molecule has 2 rings (SSSR count). The fourth-order valence-corrected chi connectivity index (χ4v) is 2.19. The molecule has 0 aliphatic rings. The van der Waals surface area contributed by atoms with E-state index in [1.54, 1.807) is 6.07 Å². The van der Waals surface area contributed by atoms with Crippen molar-refractivity contribution < 1.29 is 4.39 Å². The van der Waals surface area contributed by atoms with E-state index in [4.69, 9.17) is 5.73 Å². The number of nitrogens with zero attached hydrogens (tertiary/aromatic N) is 1. The first-order valence-electron chi connectivity index (χ1n) is 5.59. The summed E-state index contributed by atoms with van der Waals surface area (Å²) in [4.78, 5) is 1.93. The van der Waals surface area contributed by atoms with Gasteiger partial charge in [0.1, 0.15) is 5.82 Å². The Bertz CT molecular complexity index is 557. The van der Waals surface area contributed by atoms with Gasteiger partial charge in [-0.25, -0.2) is 4.39 Å². The lowest BCUT2D eigenvalue weighted by Gasteiger charge is -2.22. The largest absolute Gasteiger partial charge is 0.344 e. The van der Waals surface area contributed by atoms with Crippen LogP contribution in [0.3, 0.4) is 0 Å². The first kappa shape index (κ1) is 13.1. The molecule has 0 atom stereocenters. The molecule has 0 heterocycles. The average molecular weight is 309 g/mol. The van der Waals surface area contributed by atoms with Crippen molar-refractivity contribution in [1.29, 1.82) is 0 Å². The quantitative estimate of drug-likeness (QED) is 0.934. The predicted octanol–water partition coefficient (Wildman–Crippen LogP) is 3.81. The van der Waals surface area contributed by atoms with Gasteiger partial charge in [0.05, 0.1) is 0 Å². The van der Waals surface area contributed by atoms with Gasteiger partial charge in [-0.1, -0.05) is 28.1 Å². The number of rotatable bonds is 3. The second-order valence-electron chi connectivity index (χ2n) is 4.02. The van der Waals surface area contributed by atoms with Gasteiger partial charge in [-0.15, -0.1) is 0 Å². The Morgan fingerprint density at radius 3 is 2.67 bits per heavy atom. The first-order valence-corrected chi connectivity index (χ1v) is 6.39. The van der Waals surface area contributed by atoms with Crippen molar-refractivity contribution in [2.45, 2.75) is 6.54 Å². The molecule has 0 spiro atoms. The SMILES string of the molecule is CN(c1cccc(F)c1)c1cc(Br)ccc1CN. The molecular formula is C14H14BrFN2. The maximum Gasteiger partial charge on any atom is 0.125 e. The summed E-state index contributed by atoms with van der Waals surface area (Å²) in [6, 6.07) is 12.4. The van der Waals surface area contributed by atoms with Gasteiger partial charge in [0.25, 0.3) is 0 Å². The summed E-state index contributed by atoms with van der Waals surface area (Å²) in [5.74, 6) is -0.247. The van der Waals surface area contributed by atoms with Crippen LogP contribution in [-0.4, -0.2) is 7.05 Å². The normalized spacial score (nSPS) is 10.4. The standard InChI is InChI=1S/C14H14BrFN2/c1-18(13-4-2-3-12(16)8-13)14-7-11(15)6-5-10(14)9-17/h2-8H,9,17H2,1H3. The molecule has 2 aromatic rings. The molecule has 2 N–H and O–H groups in total. The maximum atomic E-state index is 13.2. The Balaban J connectivity index is 2.44. The van der Waals surface area contributed by atoms with Crippen LogP contribution in [0.25, 0.3) is 0 Å². The van der Waals surface area contributed by atoms with Crippen molar-refractivity contribution in [3.8, 4) is 0 Å². The summed E-state index contributed by atoms with van der Waals surface area (Å²) in [6.07, 6.45) is 0. The molecule has 0 aliphatic carbocycles. The molecule has 0 amide bonds. The average Bonchev–Trinajstić information content (AvgIpc) is 2.38. The fraction of sp³-hybridized carbons (Fsp3) is 0.143. The van der Waals surface area contributed by atoms with Crippen molar-refractivity contribution in [3.63, 3.8) is 0 Å². The summed E-state index contributed by atoms with van der Waals surface area (Å²) < 4.78 is 14.2. The number of nitrogens with two attached hydrogens (primary N) is 1. The van der Waals surface area contributed by atoms with Gasteiger partial charge in [-0.05, 0) is 35.9 Å². The molecule has 0 aromatic heterocycles. The Labute approximate surface area is 114 Å². The van der Waals surface area contributed by atoms with Crippen LogP contribution >= 0.6 is 15.9 Å². The Morgan fingerprint density at radius 1 is 1.22 bits per heavy atom. The van der Waals surface area contributed by atoms with E-state index in [0.717, 1.165) is 21.4 Å². The van der Waals surface area contributed by atoms with E-state index in [1.807, 2.05) is 36.2 Å². The zero-order chi connectivity index (χ0) is 13.1. The van der Waals surface area contributed by atoms with Gasteiger partial charge in [0, 0.05) is 29.4 Å². The van der Waals surface area contributed by atoms with E-state index in [-0.39, 0.29) is 5.82 Å². The van der Waals surface area contributed by atoms with Gasteiger partial charge >= 0.3 is 0 Å². The molecule has 0 aliphatic heterocycles. The lowest BCUT2D eigenvalue weighted by atomic mass is 10.1. The van der Waals surface area contributed by atoms with E-state index >= 15 is 0 Å². The highest BCUT2D eigenvalue weighted by molar-refractivity contribution is 9.10. The summed E-state index contributed by atoms with van der Waals surface area (Å²) in [6.45, 7) is 0.447. The van der Waals surface area contributed by atoms with Crippen LogP contribution in [0.2, 0.25) is 0 Å². The Kier molecular flexibility index (Phi) is 3.99. The second kappa shape index (κ2) is 5.50. The van der Waals surface area contributed by atoms with E-state index in [1.165, 1.54) is 12.1 Å². The van der Waals surface area contributed by atoms with Crippen LogP contribution < -0.4 is 10.6 Å². The molecule has 4 heteroatoms. The van der Waals surface area contributed by atoms with Crippen molar-refractivity contribution in [1.82, 2.24) is 0 Å². The zero-order valence-corrected chi connectivity index (χ0v) is 11.6.